The van der Waals surface area contributed by atoms with E-state index in [-0.39, 0.29) is 0 Å². The van der Waals surface area contributed by atoms with E-state index in [2.05, 4.69) is 155 Å². The Kier molecular flexibility index (Phi) is 8.38. The van der Waals surface area contributed by atoms with Gasteiger partial charge in [0.2, 0.25) is 0 Å². The molecule has 0 atom stereocenters. The summed E-state index contributed by atoms with van der Waals surface area (Å²) in [5.41, 5.74) is 14.0. The second-order valence-electron chi connectivity index (χ2n) is 15.5. The molecule has 0 amide bonds. The number of hydrogen-bond donors (Lipinski definition) is 0. The molecule has 6 nitrogen and oxygen atoms in total. The lowest BCUT2D eigenvalue weighted by molar-refractivity contribution is 1.07. The number of benzene rings is 8. The highest BCUT2D eigenvalue weighted by atomic mass is 15.0. The first-order valence-electron chi connectivity index (χ1n) is 20.8. The first-order chi connectivity index (χ1) is 30.7. The van der Waals surface area contributed by atoms with Gasteiger partial charge in [0, 0.05) is 67.6 Å². The van der Waals surface area contributed by atoms with Gasteiger partial charge in [0.05, 0.1) is 22.1 Å². The lowest BCUT2D eigenvalue weighted by Gasteiger charge is -2.12. The van der Waals surface area contributed by atoms with Crippen molar-refractivity contribution in [1.29, 1.82) is 0 Å². The molecule has 62 heavy (non-hydrogen) atoms. The minimum atomic E-state index is 0.623. The van der Waals surface area contributed by atoms with E-state index in [1.54, 1.807) is 0 Å². The van der Waals surface area contributed by atoms with Crippen molar-refractivity contribution in [2.24, 2.45) is 0 Å². The summed E-state index contributed by atoms with van der Waals surface area (Å²) in [4.78, 5) is 19.8. The maximum Gasteiger partial charge on any atom is 0.164 e. The lowest BCUT2D eigenvalue weighted by atomic mass is 10.00. The van der Waals surface area contributed by atoms with Crippen LogP contribution in [0, 0.1) is 0 Å². The molecule has 0 fully saturated rings. The summed E-state index contributed by atoms with van der Waals surface area (Å²) in [6.07, 6.45) is 4.00. The van der Waals surface area contributed by atoms with Gasteiger partial charge in [-0.05, 0) is 71.3 Å². The number of rotatable bonds is 7. The molecular formula is C56H36N6. The number of pyridine rings is 1. The van der Waals surface area contributed by atoms with Gasteiger partial charge in [-0.2, -0.15) is 0 Å². The first kappa shape index (κ1) is 35.5. The third-order valence-corrected chi connectivity index (χ3v) is 11.8. The van der Waals surface area contributed by atoms with Crippen LogP contribution in [0.25, 0.3) is 111 Å². The number of fused-ring (bicyclic) bond motifs is 6. The zero-order valence-corrected chi connectivity index (χ0v) is 33.5. The molecule has 0 unspecified atom stereocenters. The van der Waals surface area contributed by atoms with E-state index in [1.807, 2.05) is 73.1 Å². The van der Waals surface area contributed by atoms with Gasteiger partial charge in [-0.1, -0.05) is 152 Å². The fourth-order valence-corrected chi connectivity index (χ4v) is 8.97. The van der Waals surface area contributed by atoms with E-state index >= 15 is 0 Å². The summed E-state index contributed by atoms with van der Waals surface area (Å²) in [5.74, 6) is 1.90. The largest absolute Gasteiger partial charge is 0.309 e. The van der Waals surface area contributed by atoms with Crippen LogP contribution in [0.15, 0.2) is 219 Å². The molecule has 4 heterocycles. The number of hydrogen-bond acceptors (Lipinski definition) is 4. The van der Waals surface area contributed by atoms with Gasteiger partial charge in [0.25, 0.3) is 0 Å². The van der Waals surface area contributed by atoms with Gasteiger partial charge in [-0.15, -0.1) is 0 Å². The third-order valence-electron chi connectivity index (χ3n) is 11.8. The fraction of sp³-hybridized carbons (Fsp3) is 0. The van der Waals surface area contributed by atoms with Crippen molar-refractivity contribution in [2.45, 2.75) is 0 Å². The van der Waals surface area contributed by atoms with Crippen LogP contribution >= 0.6 is 0 Å². The molecule has 4 aromatic heterocycles. The van der Waals surface area contributed by atoms with E-state index in [4.69, 9.17) is 19.9 Å². The molecular weight excluding hydrogens is 757 g/mol. The maximum atomic E-state index is 5.03. The fourth-order valence-electron chi connectivity index (χ4n) is 8.97. The lowest BCUT2D eigenvalue weighted by Crippen LogP contribution is -2.01. The Morgan fingerprint density at radius 2 is 0.774 bits per heavy atom. The van der Waals surface area contributed by atoms with Crippen molar-refractivity contribution in [3.05, 3.63) is 219 Å². The molecule has 8 aromatic carbocycles. The summed E-state index contributed by atoms with van der Waals surface area (Å²) < 4.78 is 4.73. The smallest absolute Gasteiger partial charge is 0.164 e. The highest BCUT2D eigenvalue weighted by molar-refractivity contribution is 6.15. The average Bonchev–Trinajstić information content (AvgIpc) is 3.87. The molecule has 0 aliphatic heterocycles. The van der Waals surface area contributed by atoms with E-state index in [1.165, 1.54) is 10.8 Å². The summed E-state index contributed by atoms with van der Waals surface area (Å²) in [5, 5.41) is 4.65. The summed E-state index contributed by atoms with van der Waals surface area (Å²) >= 11 is 0. The summed E-state index contributed by atoms with van der Waals surface area (Å²) in [6.45, 7) is 0. The van der Waals surface area contributed by atoms with Gasteiger partial charge < -0.3 is 9.13 Å². The van der Waals surface area contributed by atoms with Crippen molar-refractivity contribution >= 4 is 43.6 Å². The molecule has 0 saturated carbocycles. The molecule has 6 heteroatoms. The van der Waals surface area contributed by atoms with Crippen molar-refractivity contribution < 1.29 is 0 Å². The normalized spacial score (nSPS) is 11.5. The predicted molar refractivity (Wildman–Crippen MR) is 253 cm³/mol. The SMILES string of the molecule is c1ccc(-c2nc(-c3ccccc3)nc(-c3cccc(-n4c5ccccc5c5cc(-c6ccc7c(c6)c6cncc(-c8ccccc8)c6n7-c6ccccc6)ccc54)c3)n2)cc1. The first-order valence-corrected chi connectivity index (χ1v) is 20.8. The Morgan fingerprint density at radius 1 is 0.290 bits per heavy atom. The van der Waals surface area contributed by atoms with Crippen LogP contribution < -0.4 is 0 Å². The van der Waals surface area contributed by atoms with Crippen LogP contribution in [0.1, 0.15) is 0 Å². The van der Waals surface area contributed by atoms with Crippen molar-refractivity contribution in [2.75, 3.05) is 0 Å². The quantitative estimate of drug-likeness (QED) is 0.161. The maximum absolute atomic E-state index is 5.03. The number of para-hydroxylation sites is 2. The van der Waals surface area contributed by atoms with Gasteiger partial charge in [0.15, 0.2) is 17.5 Å². The standard InChI is InChI=1S/C56H36N6/c1-5-16-37(17-6-1)48-35-57-36-49-47-34-41(29-31-52(47)62(53(48)49)43-23-11-4-12-24-43)40-28-30-51-46(33-40)45-26-13-14-27-50(45)61(51)44-25-15-22-42(32-44)56-59-54(38-18-7-2-8-19-38)58-55(60-56)39-20-9-3-10-21-39/h1-36H. The molecule has 12 aromatic rings. The van der Waals surface area contributed by atoms with E-state index in [0.717, 1.165) is 83.2 Å². The molecule has 290 valence electrons. The number of aromatic nitrogens is 6. The molecule has 12 rings (SSSR count). The average molecular weight is 793 g/mol. The highest BCUT2D eigenvalue weighted by Crippen LogP contribution is 2.41. The van der Waals surface area contributed by atoms with Crippen LogP contribution in [0.5, 0.6) is 0 Å². The monoisotopic (exact) mass is 792 g/mol. The molecule has 0 radical (unpaired) electrons. The van der Waals surface area contributed by atoms with E-state index in [0.29, 0.717) is 17.5 Å². The van der Waals surface area contributed by atoms with Gasteiger partial charge in [-0.25, -0.2) is 15.0 Å². The van der Waals surface area contributed by atoms with Crippen LogP contribution in [0.3, 0.4) is 0 Å². The third kappa shape index (κ3) is 5.96. The molecule has 0 N–H and O–H groups in total. The van der Waals surface area contributed by atoms with Crippen LogP contribution in [0.2, 0.25) is 0 Å². The summed E-state index contributed by atoms with van der Waals surface area (Å²) in [7, 11) is 0. The minimum Gasteiger partial charge on any atom is -0.309 e. The second-order valence-corrected chi connectivity index (χ2v) is 15.5. The van der Waals surface area contributed by atoms with Crippen LogP contribution in [-0.2, 0) is 0 Å². The molecule has 0 bridgehead atoms. The molecule has 0 aliphatic rings. The van der Waals surface area contributed by atoms with Crippen molar-refractivity contribution in [3.63, 3.8) is 0 Å². The Bertz CT molecular complexity index is 3560. The zero-order valence-electron chi connectivity index (χ0n) is 33.5. The van der Waals surface area contributed by atoms with Crippen molar-refractivity contribution in [3.8, 4) is 67.8 Å². The Hall–Kier alpha value is -8.48. The summed E-state index contributed by atoms with van der Waals surface area (Å²) in [6, 6.07) is 72.3. The van der Waals surface area contributed by atoms with Crippen molar-refractivity contribution in [1.82, 2.24) is 29.1 Å². The Balaban J connectivity index is 1.00. The topological polar surface area (TPSA) is 61.4 Å². The van der Waals surface area contributed by atoms with Crippen LogP contribution in [0.4, 0.5) is 0 Å². The van der Waals surface area contributed by atoms with E-state index < -0.39 is 0 Å². The molecule has 0 aliphatic carbocycles. The number of nitrogens with zero attached hydrogens (tertiary/aromatic N) is 6. The highest BCUT2D eigenvalue weighted by Gasteiger charge is 2.20. The van der Waals surface area contributed by atoms with Gasteiger partial charge in [0.1, 0.15) is 0 Å². The predicted octanol–water partition coefficient (Wildman–Crippen LogP) is 13.8. The second kappa shape index (κ2) is 14.7. The minimum absolute atomic E-state index is 0.623. The molecule has 0 spiro atoms. The molecule has 0 saturated heterocycles. The Labute approximate surface area is 357 Å². The van der Waals surface area contributed by atoms with E-state index in [9.17, 15) is 0 Å². The van der Waals surface area contributed by atoms with Gasteiger partial charge in [-0.3, -0.25) is 4.98 Å². The zero-order chi connectivity index (χ0) is 41.0. The van der Waals surface area contributed by atoms with Crippen LogP contribution in [-0.4, -0.2) is 29.1 Å². The van der Waals surface area contributed by atoms with Gasteiger partial charge >= 0.3 is 0 Å². The Morgan fingerprint density at radius 3 is 1.42 bits per heavy atom.